The van der Waals surface area contributed by atoms with Gasteiger partial charge >= 0.3 is 12.1 Å². The van der Waals surface area contributed by atoms with Gasteiger partial charge in [-0.15, -0.1) is 0 Å². The number of nitrogens with zero attached hydrogens (tertiary/aromatic N) is 2. The van der Waals surface area contributed by atoms with Gasteiger partial charge in [-0.1, -0.05) is 0 Å². The fourth-order valence-corrected chi connectivity index (χ4v) is 2.70. The lowest BCUT2D eigenvalue weighted by atomic mass is 10.1. The van der Waals surface area contributed by atoms with Crippen LogP contribution >= 0.6 is 0 Å². The second-order valence-electron chi connectivity index (χ2n) is 5.63. The molecule has 0 aromatic carbocycles. The summed E-state index contributed by atoms with van der Waals surface area (Å²) >= 11 is 0. The number of rotatable bonds is 5. The number of aliphatic hydroxyl groups excluding tert-OH is 2. The largest absolute Gasteiger partial charge is 0.509 e. The second kappa shape index (κ2) is 7.43. The summed E-state index contributed by atoms with van der Waals surface area (Å²) in [5.41, 5.74) is 7.14. The molecule has 0 amide bonds. The monoisotopic (exact) mass is 374 g/mol. The number of esters is 1. The van der Waals surface area contributed by atoms with E-state index in [1.165, 1.54) is 17.2 Å². The Morgan fingerprint density at radius 3 is 2.85 bits per heavy atom. The van der Waals surface area contributed by atoms with E-state index < -0.39 is 55.7 Å². The summed E-state index contributed by atoms with van der Waals surface area (Å²) < 4.78 is 20.8. The number of fused-ring (bicyclic) bond motifs is 1. The van der Waals surface area contributed by atoms with Gasteiger partial charge in [0.2, 0.25) is 6.35 Å². The molecule has 13 nitrogen and oxygen atoms in total. The van der Waals surface area contributed by atoms with Gasteiger partial charge < -0.3 is 39.8 Å². The van der Waals surface area contributed by atoms with Gasteiger partial charge in [0.15, 0.2) is 24.3 Å². The molecule has 6 N–H and O–H groups in total. The van der Waals surface area contributed by atoms with Crippen molar-refractivity contribution in [1.82, 2.24) is 10.4 Å². The van der Waals surface area contributed by atoms with Crippen molar-refractivity contribution in [3.05, 3.63) is 12.3 Å². The smallest absolute Gasteiger partial charge is 0.462 e. The van der Waals surface area contributed by atoms with Crippen LogP contribution < -0.4 is 11.2 Å². The highest BCUT2D eigenvalue weighted by Gasteiger charge is 2.57. The predicted molar refractivity (Wildman–Crippen MR) is 79.2 cm³/mol. The fourth-order valence-electron chi connectivity index (χ4n) is 2.70. The topological polar surface area (TPSA) is 185 Å². The number of ether oxygens (including phenoxy) is 4. The van der Waals surface area contributed by atoms with Gasteiger partial charge in [-0.3, -0.25) is 15.5 Å². The van der Waals surface area contributed by atoms with Crippen molar-refractivity contribution in [2.45, 2.75) is 36.9 Å². The van der Waals surface area contributed by atoms with Gasteiger partial charge in [0, 0.05) is 6.20 Å². The van der Waals surface area contributed by atoms with Crippen molar-refractivity contribution >= 4 is 18.0 Å². The Hall–Kier alpha value is -2.45. The van der Waals surface area contributed by atoms with E-state index in [1.54, 1.807) is 5.48 Å². The molecule has 0 aromatic rings. The maximum Gasteiger partial charge on any atom is 0.509 e. The summed E-state index contributed by atoms with van der Waals surface area (Å²) in [5.74, 6) is -0.825. The zero-order valence-electron chi connectivity index (χ0n) is 13.3. The van der Waals surface area contributed by atoms with Crippen LogP contribution in [0.1, 0.15) is 0 Å². The molecule has 1 unspecified atom stereocenters. The molecule has 0 radical (unpaired) electrons. The SMILES string of the molecule is N[C@H](CO)C(=O)OC[C@H]1O[C@@H](N2C=CC(NO)=NC2O)[C@@H]2OC(=O)O[C@@H]21. The molecule has 144 valence electrons. The second-order valence-corrected chi connectivity index (χ2v) is 5.63. The summed E-state index contributed by atoms with van der Waals surface area (Å²) in [6.07, 6.45) is -3.26. The molecule has 26 heavy (non-hydrogen) atoms. The third-order valence-corrected chi connectivity index (χ3v) is 3.97. The average Bonchev–Trinajstić information content (AvgIpc) is 3.16. The van der Waals surface area contributed by atoms with Crippen LogP contribution in [-0.4, -0.2) is 88.4 Å². The summed E-state index contributed by atoms with van der Waals surface area (Å²) in [4.78, 5) is 28.0. The van der Waals surface area contributed by atoms with E-state index >= 15 is 0 Å². The lowest BCUT2D eigenvalue weighted by Gasteiger charge is -2.33. The van der Waals surface area contributed by atoms with Crippen LogP contribution in [0.15, 0.2) is 17.3 Å². The van der Waals surface area contributed by atoms with E-state index in [0.29, 0.717) is 0 Å². The highest BCUT2D eigenvalue weighted by Crippen LogP contribution is 2.35. The van der Waals surface area contributed by atoms with Gasteiger partial charge in [0.25, 0.3) is 0 Å². The number of hydrogen-bond donors (Lipinski definition) is 5. The maximum absolute atomic E-state index is 11.6. The van der Waals surface area contributed by atoms with E-state index in [4.69, 9.17) is 35.0 Å². The summed E-state index contributed by atoms with van der Waals surface area (Å²) in [5, 5.41) is 27.7. The lowest BCUT2D eigenvalue weighted by Crippen LogP contribution is -2.47. The summed E-state index contributed by atoms with van der Waals surface area (Å²) in [6, 6.07) is -1.20. The molecule has 0 bridgehead atoms. The van der Waals surface area contributed by atoms with Crippen LogP contribution in [0, 0.1) is 0 Å². The van der Waals surface area contributed by atoms with Gasteiger partial charge in [0.1, 0.15) is 18.8 Å². The van der Waals surface area contributed by atoms with E-state index in [-0.39, 0.29) is 12.4 Å². The molecule has 3 heterocycles. The normalized spacial score (nSPS) is 33.8. The van der Waals surface area contributed by atoms with Gasteiger partial charge in [0.05, 0.1) is 6.61 Å². The highest BCUT2D eigenvalue weighted by atomic mass is 16.8. The van der Waals surface area contributed by atoms with Crippen molar-refractivity contribution < 1.29 is 44.0 Å². The standard InChI is InChI=1S/C13H18N4O9/c14-5(3-18)11(19)23-4-6-8-9(26-13(21)25-8)10(24-6)17-2-1-7(16-22)15-12(17)20/h1-2,5-6,8-10,12,18,20,22H,3-4,14H2,(H,15,16)/t5-,6-,8-,9-,10-,12?/m1/s1. The Morgan fingerprint density at radius 1 is 1.46 bits per heavy atom. The number of aliphatic hydroxyl groups is 2. The van der Waals surface area contributed by atoms with Crippen LogP contribution in [0.5, 0.6) is 0 Å². The first-order valence-corrected chi connectivity index (χ1v) is 7.62. The number of aliphatic imine (C=N–C) groups is 1. The quantitative estimate of drug-likeness (QED) is 0.242. The minimum Gasteiger partial charge on any atom is -0.462 e. The Labute approximate surface area is 146 Å². The zero-order chi connectivity index (χ0) is 18.8. The number of carbonyl (C=O) groups excluding carboxylic acids is 2. The van der Waals surface area contributed by atoms with E-state index in [1.807, 2.05) is 0 Å². The van der Waals surface area contributed by atoms with Crippen molar-refractivity contribution in [1.29, 1.82) is 0 Å². The van der Waals surface area contributed by atoms with Crippen LogP contribution in [0.4, 0.5) is 4.79 Å². The van der Waals surface area contributed by atoms with Crippen molar-refractivity contribution in [2.75, 3.05) is 13.2 Å². The molecule has 2 saturated heterocycles. The molecular weight excluding hydrogens is 356 g/mol. The molecule has 2 fully saturated rings. The number of amidine groups is 1. The Bertz CT molecular complexity index is 627. The third kappa shape index (κ3) is 3.42. The Morgan fingerprint density at radius 2 is 2.19 bits per heavy atom. The molecule has 3 rings (SSSR count). The molecule has 3 aliphatic heterocycles. The maximum atomic E-state index is 11.6. The van der Waals surface area contributed by atoms with Crippen molar-refractivity contribution in [2.24, 2.45) is 10.7 Å². The van der Waals surface area contributed by atoms with Crippen LogP contribution in [-0.2, 0) is 23.7 Å². The number of nitrogens with one attached hydrogen (secondary N) is 1. The minimum atomic E-state index is -1.43. The van der Waals surface area contributed by atoms with Gasteiger partial charge in [-0.05, 0) is 6.08 Å². The molecular formula is C13H18N4O9. The van der Waals surface area contributed by atoms with Crippen molar-refractivity contribution in [3.63, 3.8) is 0 Å². The summed E-state index contributed by atoms with van der Waals surface area (Å²) in [6.45, 7) is -0.887. The lowest BCUT2D eigenvalue weighted by molar-refractivity contribution is -0.159. The number of hydroxylamine groups is 1. The zero-order valence-corrected chi connectivity index (χ0v) is 13.3. The molecule has 0 saturated carbocycles. The first-order valence-electron chi connectivity index (χ1n) is 7.62. The highest BCUT2D eigenvalue weighted by molar-refractivity contribution is 5.92. The average molecular weight is 374 g/mol. The Balaban J connectivity index is 1.69. The molecule has 0 aromatic heterocycles. The fraction of sp³-hybridized carbons (Fsp3) is 0.615. The van der Waals surface area contributed by atoms with E-state index in [2.05, 4.69) is 4.99 Å². The van der Waals surface area contributed by atoms with Crippen LogP contribution in [0.3, 0.4) is 0 Å². The molecule has 13 heteroatoms. The van der Waals surface area contributed by atoms with Crippen LogP contribution in [0.25, 0.3) is 0 Å². The summed E-state index contributed by atoms with van der Waals surface area (Å²) in [7, 11) is 0. The predicted octanol–water partition coefficient (Wildman–Crippen LogP) is -3.04. The first kappa shape index (κ1) is 18.3. The number of carbonyl (C=O) groups is 2. The van der Waals surface area contributed by atoms with Crippen LogP contribution in [0.2, 0.25) is 0 Å². The minimum absolute atomic E-state index is 0.0198. The Kier molecular flexibility index (Phi) is 5.24. The first-order chi connectivity index (χ1) is 12.4. The van der Waals surface area contributed by atoms with E-state index in [9.17, 15) is 14.7 Å². The molecule has 0 spiro atoms. The van der Waals surface area contributed by atoms with Gasteiger partial charge in [-0.2, -0.15) is 0 Å². The number of nitrogens with two attached hydrogens (primary N) is 1. The van der Waals surface area contributed by atoms with Crippen molar-refractivity contribution in [3.8, 4) is 0 Å². The van der Waals surface area contributed by atoms with E-state index in [0.717, 1.165) is 0 Å². The van der Waals surface area contributed by atoms with Gasteiger partial charge in [-0.25, -0.2) is 9.79 Å². The molecule has 6 atom stereocenters. The molecule has 3 aliphatic rings. The number of hydrogen-bond acceptors (Lipinski definition) is 13. The molecule has 0 aliphatic carbocycles. The third-order valence-electron chi connectivity index (χ3n) is 3.97.